The van der Waals surface area contributed by atoms with Gasteiger partial charge >= 0.3 is 0 Å². The second-order valence-corrected chi connectivity index (χ2v) is 9.53. The lowest BCUT2D eigenvalue weighted by Gasteiger charge is -2.31. The number of sulfonamides is 1. The monoisotopic (exact) mass is 465 g/mol. The molecule has 172 valence electrons. The van der Waals surface area contributed by atoms with Crippen molar-refractivity contribution >= 4 is 27.3 Å². The number of aryl methyl sites for hydroxylation is 1. The van der Waals surface area contributed by atoms with Gasteiger partial charge in [0, 0.05) is 50.7 Å². The molecule has 2 heterocycles. The zero-order valence-electron chi connectivity index (χ0n) is 18.4. The summed E-state index contributed by atoms with van der Waals surface area (Å²) >= 11 is 0. The lowest BCUT2D eigenvalue weighted by molar-refractivity contribution is 0.0951. The van der Waals surface area contributed by atoms with Gasteiger partial charge in [-0.15, -0.1) is 0 Å². The van der Waals surface area contributed by atoms with E-state index in [1.54, 1.807) is 61.8 Å². The highest BCUT2D eigenvalue weighted by atomic mass is 32.2. The number of anilines is 2. The van der Waals surface area contributed by atoms with E-state index in [0.717, 1.165) is 37.4 Å². The van der Waals surface area contributed by atoms with E-state index in [0.29, 0.717) is 23.4 Å². The summed E-state index contributed by atoms with van der Waals surface area (Å²) in [6.07, 6.45) is 3.36. The zero-order valence-corrected chi connectivity index (χ0v) is 19.2. The second kappa shape index (κ2) is 10.0. The van der Waals surface area contributed by atoms with Crippen LogP contribution in [0.2, 0.25) is 0 Å². The van der Waals surface area contributed by atoms with Gasteiger partial charge in [-0.05, 0) is 48.4 Å². The Balaban J connectivity index is 1.63. The minimum absolute atomic E-state index is 0.211. The number of piperazine rings is 1. The van der Waals surface area contributed by atoms with Crippen LogP contribution in [0.5, 0.6) is 0 Å². The molecule has 1 aliphatic rings. The van der Waals surface area contributed by atoms with Crippen molar-refractivity contribution < 1.29 is 13.2 Å². The predicted molar refractivity (Wildman–Crippen MR) is 129 cm³/mol. The van der Waals surface area contributed by atoms with Gasteiger partial charge in [-0.3, -0.25) is 14.5 Å². The van der Waals surface area contributed by atoms with Crippen LogP contribution in [0.15, 0.2) is 71.9 Å². The lowest BCUT2D eigenvalue weighted by atomic mass is 10.1. The number of nitrogens with one attached hydrogen (secondary N) is 3. The fraction of sp³-hybridized carbons (Fsp3) is 0.250. The Morgan fingerprint density at radius 2 is 1.88 bits per heavy atom. The average molecular weight is 466 g/mol. The molecule has 33 heavy (non-hydrogen) atoms. The highest BCUT2D eigenvalue weighted by Gasteiger charge is 2.22. The van der Waals surface area contributed by atoms with Gasteiger partial charge in [0.25, 0.3) is 15.9 Å². The summed E-state index contributed by atoms with van der Waals surface area (Å²) in [5.41, 5.74) is 3.04. The number of benzene rings is 2. The molecule has 0 aliphatic carbocycles. The van der Waals surface area contributed by atoms with E-state index in [2.05, 4.69) is 25.2 Å². The van der Waals surface area contributed by atoms with Crippen molar-refractivity contribution in [2.75, 3.05) is 35.8 Å². The molecule has 2 aromatic carbocycles. The Morgan fingerprint density at radius 3 is 2.61 bits per heavy atom. The van der Waals surface area contributed by atoms with Crippen LogP contribution >= 0.6 is 0 Å². The molecule has 3 N–H and O–H groups in total. The highest BCUT2D eigenvalue weighted by molar-refractivity contribution is 7.92. The van der Waals surface area contributed by atoms with Gasteiger partial charge in [-0.25, -0.2) is 8.42 Å². The molecule has 3 aromatic rings. The minimum atomic E-state index is -3.84. The topological polar surface area (TPSA) is 103 Å². The lowest BCUT2D eigenvalue weighted by Crippen LogP contribution is -2.43. The molecular weight excluding hydrogens is 438 g/mol. The van der Waals surface area contributed by atoms with Gasteiger partial charge in [-0.2, -0.15) is 0 Å². The standard InChI is InChI=1S/C24H27N5O3S/c1-18-5-2-3-7-23(18)33(31,32)28-21-15-20(8-9-22(21)29-13-11-25-12-14-29)24(30)27-17-19-6-4-10-26-16-19/h2-10,15-16,25,28H,11-14,17H2,1H3,(H,27,30). The van der Waals surface area contributed by atoms with E-state index in [1.165, 1.54) is 0 Å². The first-order chi connectivity index (χ1) is 15.9. The van der Waals surface area contributed by atoms with Crippen LogP contribution in [0.25, 0.3) is 0 Å². The third kappa shape index (κ3) is 5.50. The van der Waals surface area contributed by atoms with E-state index in [4.69, 9.17) is 0 Å². The summed E-state index contributed by atoms with van der Waals surface area (Å²) in [7, 11) is -3.84. The summed E-state index contributed by atoms with van der Waals surface area (Å²) in [5.74, 6) is -0.290. The van der Waals surface area contributed by atoms with E-state index in [-0.39, 0.29) is 10.8 Å². The first-order valence-corrected chi connectivity index (χ1v) is 12.3. The van der Waals surface area contributed by atoms with Crippen molar-refractivity contribution in [3.63, 3.8) is 0 Å². The Morgan fingerprint density at radius 1 is 1.09 bits per heavy atom. The SMILES string of the molecule is Cc1ccccc1S(=O)(=O)Nc1cc(C(=O)NCc2cccnc2)ccc1N1CCNCC1. The third-order valence-electron chi connectivity index (χ3n) is 5.52. The summed E-state index contributed by atoms with van der Waals surface area (Å²) in [6.45, 7) is 5.18. The fourth-order valence-electron chi connectivity index (χ4n) is 3.79. The van der Waals surface area contributed by atoms with Crippen LogP contribution in [0.4, 0.5) is 11.4 Å². The average Bonchev–Trinajstić information content (AvgIpc) is 2.83. The molecule has 1 fully saturated rings. The number of pyridine rings is 1. The Labute approximate surface area is 194 Å². The van der Waals surface area contributed by atoms with Gasteiger partial charge in [-0.1, -0.05) is 24.3 Å². The molecule has 1 aliphatic heterocycles. The number of nitrogens with zero attached hydrogens (tertiary/aromatic N) is 2. The number of carbonyl (C=O) groups excluding carboxylic acids is 1. The van der Waals surface area contributed by atoms with Crippen LogP contribution in [0.1, 0.15) is 21.5 Å². The number of carbonyl (C=O) groups is 1. The fourth-order valence-corrected chi connectivity index (χ4v) is 5.10. The maximum Gasteiger partial charge on any atom is 0.262 e. The van der Waals surface area contributed by atoms with Crippen LogP contribution in [0.3, 0.4) is 0 Å². The molecule has 1 amide bonds. The maximum absolute atomic E-state index is 13.2. The Kier molecular flexibility index (Phi) is 6.90. The van der Waals surface area contributed by atoms with Crippen molar-refractivity contribution in [1.82, 2.24) is 15.6 Å². The van der Waals surface area contributed by atoms with Gasteiger partial charge in [0.05, 0.1) is 16.3 Å². The molecule has 4 rings (SSSR count). The van der Waals surface area contributed by atoms with Gasteiger partial charge < -0.3 is 15.5 Å². The van der Waals surface area contributed by atoms with Crippen molar-refractivity contribution in [2.24, 2.45) is 0 Å². The molecule has 0 atom stereocenters. The van der Waals surface area contributed by atoms with Crippen molar-refractivity contribution in [3.8, 4) is 0 Å². The van der Waals surface area contributed by atoms with Crippen molar-refractivity contribution in [2.45, 2.75) is 18.4 Å². The summed E-state index contributed by atoms with van der Waals surface area (Å²) in [6, 6.07) is 15.6. The summed E-state index contributed by atoms with van der Waals surface area (Å²) in [5, 5.41) is 6.16. The molecule has 0 spiro atoms. The maximum atomic E-state index is 13.2. The molecule has 0 unspecified atom stereocenters. The molecular formula is C24H27N5O3S. The molecule has 1 aromatic heterocycles. The molecule has 8 nitrogen and oxygen atoms in total. The quantitative estimate of drug-likeness (QED) is 0.496. The number of amides is 1. The smallest absolute Gasteiger partial charge is 0.262 e. The van der Waals surface area contributed by atoms with Crippen molar-refractivity contribution in [1.29, 1.82) is 0 Å². The molecule has 1 saturated heterocycles. The van der Waals surface area contributed by atoms with E-state index in [9.17, 15) is 13.2 Å². The van der Waals surface area contributed by atoms with E-state index < -0.39 is 10.0 Å². The van der Waals surface area contributed by atoms with Crippen molar-refractivity contribution in [3.05, 3.63) is 83.7 Å². The zero-order chi connectivity index (χ0) is 23.3. The number of hydrogen-bond donors (Lipinski definition) is 3. The number of rotatable bonds is 7. The van der Waals surface area contributed by atoms with Crippen LogP contribution in [0, 0.1) is 6.92 Å². The summed E-state index contributed by atoms with van der Waals surface area (Å²) < 4.78 is 29.1. The Hall–Kier alpha value is -3.43. The normalized spacial score (nSPS) is 14.0. The molecule has 0 saturated carbocycles. The highest BCUT2D eigenvalue weighted by Crippen LogP contribution is 2.30. The van der Waals surface area contributed by atoms with Crippen LogP contribution in [-0.4, -0.2) is 45.5 Å². The molecule has 0 radical (unpaired) electrons. The minimum Gasteiger partial charge on any atom is -0.367 e. The largest absolute Gasteiger partial charge is 0.367 e. The number of aromatic nitrogens is 1. The van der Waals surface area contributed by atoms with Crippen LogP contribution < -0.4 is 20.3 Å². The van der Waals surface area contributed by atoms with Gasteiger partial charge in [0.15, 0.2) is 0 Å². The van der Waals surface area contributed by atoms with Gasteiger partial charge in [0.1, 0.15) is 0 Å². The second-order valence-electron chi connectivity index (χ2n) is 7.88. The predicted octanol–water partition coefficient (Wildman–Crippen LogP) is 2.53. The first kappa shape index (κ1) is 22.8. The van der Waals surface area contributed by atoms with Gasteiger partial charge in [0.2, 0.25) is 0 Å². The summed E-state index contributed by atoms with van der Waals surface area (Å²) in [4.78, 5) is 19.2. The van der Waals surface area contributed by atoms with Crippen LogP contribution in [-0.2, 0) is 16.6 Å². The molecule has 9 heteroatoms. The first-order valence-electron chi connectivity index (χ1n) is 10.8. The Bertz CT molecular complexity index is 1230. The third-order valence-corrected chi connectivity index (χ3v) is 7.05. The number of hydrogen-bond acceptors (Lipinski definition) is 6. The molecule has 0 bridgehead atoms. The van der Waals surface area contributed by atoms with E-state index in [1.807, 2.05) is 12.1 Å². The van der Waals surface area contributed by atoms with E-state index >= 15 is 0 Å².